The molecule has 0 saturated carbocycles. The van der Waals surface area contributed by atoms with Gasteiger partial charge < -0.3 is 16.0 Å². The standard InChI is InChI=1S/C14H14Cl2N4O2.C7H13N.C2H6/c1-3-17-13(21)9-5-8(15)4-7(2)12(9)18-14(22)10-6-11(16)20-19-10;1-3-5-7-8-6-4-2;1-2/h4-6H,3H2,1-2H3,(H,17,21)(H,18,22)(H,19,20);3-4,6,8H,1,5,7H2,2H3;1-2H3/b;6-4+;. The summed E-state index contributed by atoms with van der Waals surface area (Å²) in [5.74, 6) is -0.789. The first-order chi connectivity index (χ1) is 15.3. The Morgan fingerprint density at radius 3 is 2.41 bits per heavy atom. The number of rotatable bonds is 8. The van der Waals surface area contributed by atoms with Gasteiger partial charge in [0.15, 0.2) is 5.69 Å². The lowest BCUT2D eigenvalue weighted by Gasteiger charge is -2.13. The van der Waals surface area contributed by atoms with Crippen LogP contribution in [0.3, 0.4) is 0 Å². The van der Waals surface area contributed by atoms with Crippen molar-refractivity contribution in [3.8, 4) is 0 Å². The van der Waals surface area contributed by atoms with Crippen molar-refractivity contribution in [2.75, 3.05) is 18.4 Å². The van der Waals surface area contributed by atoms with Crippen molar-refractivity contribution in [2.24, 2.45) is 0 Å². The van der Waals surface area contributed by atoms with E-state index < -0.39 is 5.91 Å². The number of amides is 2. The molecule has 2 amide bonds. The van der Waals surface area contributed by atoms with Gasteiger partial charge in [-0.15, -0.1) is 6.58 Å². The van der Waals surface area contributed by atoms with Crippen LogP contribution in [0.15, 0.2) is 43.1 Å². The Morgan fingerprint density at radius 2 is 1.88 bits per heavy atom. The normalized spacial score (nSPS) is 9.72. The maximum atomic E-state index is 12.2. The van der Waals surface area contributed by atoms with E-state index in [-0.39, 0.29) is 16.8 Å². The summed E-state index contributed by atoms with van der Waals surface area (Å²) in [6.07, 6.45) is 6.84. The molecular formula is C23H33Cl2N5O2. The molecule has 176 valence electrons. The number of hydrogen-bond donors (Lipinski definition) is 4. The molecule has 0 radical (unpaired) electrons. The Balaban J connectivity index is 0.000000814. The van der Waals surface area contributed by atoms with Gasteiger partial charge in [-0.2, -0.15) is 5.10 Å². The Kier molecular flexibility index (Phi) is 15.4. The van der Waals surface area contributed by atoms with E-state index in [4.69, 9.17) is 23.2 Å². The van der Waals surface area contributed by atoms with E-state index in [0.717, 1.165) is 13.0 Å². The van der Waals surface area contributed by atoms with Gasteiger partial charge in [0.2, 0.25) is 0 Å². The Hall–Kier alpha value is -2.77. The first-order valence-electron chi connectivity index (χ1n) is 10.4. The van der Waals surface area contributed by atoms with Gasteiger partial charge in [0.25, 0.3) is 11.8 Å². The number of carbonyl (C=O) groups excluding carboxylic acids is 2. The van der Waals surface area contributed by atoms with Crippen molar-refractivity contribution in [1.29, 1.82) is 0 Å². The minimum atomic E-state index is -0.473. The summed E-state index contributed by atoms with van der Waals surface area (Å²) >= 11 is 11.7. The number of hydrogen-bond acceptors (Lipinski definition) is 4. The number of aromatic nitrogens is 2. The molecular weight excluding hydrogens is 449 g/mol. The molecule has 1 heterocycles. The molecule has 0 aliphatic heterocycles. The van der Waals surface area contributed by atoms with Crippen LogP contribution < -0.4 is 16.0 Å². The molecule has 0 aliphatic rings. The first-order valence-corrected chi connectivity index (χ1v) is 11.2. The van der Waals surface area contributed by atoms with E-state index >= 15 is 0 Å². The molecule has 1 aromatic carbocycles. The smallest absolute Gasteiger partial charge is 0.276 e. The van der Waals surface area contributed by atoms with Crippen LogP contribution in [-0.4, -0.2) is 35.1 Å². The lowest BCUT2D eigenvalue weighted by atomic mass is 10.1. The topological polar surface area (TPSA) is 98.9 Å². The molecule has 32 heavy (non-hydrogen) atoms. The van der Waals surface area contributed by atoms with E-state index in [1.165, 1.54) is 12.1 Å². The van der Waals surface area contributed by atoms with Crippen LogP contribution >= 0.6 is 23.2 Å². The summed E-state index contributed by atoms with van der Waals surface area (Å²) in [6, 6.07) is 4.57. The van der Waals surface area contributed by atoms with Crippen LogP contribution in [0, 0.1) is 6.92 Å². The lowest BCUT2D eigenvalue weighted by molar-refractivity contribution is 0.0956. The van der Waals surface area contributed by atoms with Crippen molar-refractivity contribution in [1.82, 2.24) is 20.8 Å². The second-order valence-electron chi connectivity index (χ2n) is 6.09. The van der Waals surface area contributed by atoms with Gasteiger partial charge >= 0.3 is 0 Å². The number of aryl methyl sites for hydroxylation is 1. The van der Waals surface area contributed by atoms with Gasteiger partial charge in [-0.05, 0) is 51.1 Å². The van der Waals surface area contributed by atoms with Crippen LogP contribution in [-0.2, 0) is 0 Å². The number of benzene rings is 1. The minimum Gasteiger partial charge on any atom is -0.391 e. The third kappa shape index (κ3) is 10.5. The Bertz CT molecular complexity index is 895. The zero-order valence-corrected chi connectivity index (χ0v) is 20.8. The summed E-state index contributed by atoms with van der Waals surface area (Å²) in [5, 5.41) is 15.4. The zero-order valence-electron chi connectivity index (χ0n) is 19.3. The second-order valence-corrected chi connectivity index (χ2v) is 6.94. The quantitative estimate of drug-likeness (QED) is 0.285. The van der Waals surface area contributed by atoms with Gasteiger partial charge in [0.1, 0.15) is 5.15 Å². The summed E-state index contributed by atoms with van der Waals surface area (Å²) in [5.41, 5.74) is 1.48. The van der Waals surface area contributed by atoms with Gasteiger partial charge in [0, 0.05) is 24.2 Å². The number of allylic oxidation sites excluding steroid dienone is 1. The number of anilines is 1. The molecule has 9 heteroatoms. The average Bonchev–Trinajstić information content (AvgIpc) is 3.21. The lowest BCUT2D eigenvalue weighted by Crippen LogP contribution is -2.25. The molecule has 0 atom stereocenters. The number of carbonyl (C=O) groups is 2. The van der Waals surface area contributed by atoms with E-state index in [1.807, 2.05) is 39.1 Å². The van der Waals surface area contributed by atoms with E-state index in [1.54, 1.807) is 19.9 Å². The van der Waals surface area contributed by atoms with E-state index in [2.05, 4.69) is 32.7 Å². The van der Waals surface area contributed by atoms with E-state index in [9.17, 15) is 9.59 Å². The zero-order chi connectivity index (χ0) is 24.5. The Morgan fingerprint density at radius 1 is 1.19 bits per heavy atom. The van der Waals surface area contributed by atoms with Gasteiger partial charge in [-0.3, -0.25) is 14.7 Å². The van der Waals surface area contributed by atoms with Crippen LogP contribution in [0.25, 0.3) is 0 Å². The van der Waals surface area contributed by atoms with Crippen molar-refractivity contribution >= 4 is 40.7 Å². The highest BCUT2D eigenvalue weighted by Crippen LogP contribution is 2.26. The molecule has 7 nitrogen and oxygen atoms in total. The highest BCUT2D eigenvalue weighted by Gasteiger charge is 2.18. The molecule has 0 aliphatic carbocycles. The van der Waals surface area contributed by atoms with Gasteiger partial charge in [0.05, 0.1) is 11.3 Å². The average molecular weight is 482 g/mol. The number of nitrogens with zero attached hydrogens (tertiary/aromatic N) is 1. The Labute approximate surface area is 200 Å². The fourth-order valence-electron chi connectivity index (χ4n) is 2.32. The summed E-state index contributed by atoms with van der Waals surface area (Å²) in [7, 11) is 0. The molecule has 1 aromatic heterocycles. The predicted molar refractivity (Wildman–Crippen MR) is 135 cm³/mol. The first kappa shape index (κ1) is 29.2. The van der Waals surface area contributed by atoms with E-state index in [0.29, 0.717) is 28.4 Å². The van der Waals surface area contributed by atoms with Crippen LogP contribution in [0.5, 0.6) is 0 Å². The van der Waals surface area contributed by atoms with Crippen LogP contribution in [0.1, 0.15) is 60.5 Å². The number of H-pyrrole nitrogens is 1. The summed E-state index contributed by atoms with van der Waals surface area (Å²) < 4.78 is 0. The fraction of sp³-hybridized carbons (Fsp3) is 0.348. The fourth-order valence-corrected chi connectivity index (χ4v) is 2.74. The maximum Gasteiger partial charge on any atom is 0.276 e. The van der Waals surface area contributed by atoms with Crippen molar-refractivity contribution < 1.29 is 9.59 Å². The van der Waals surface area contributed by atoms with Crippen molar-refractivity contribution in [3.05, 3.63) is 70.1 Å². The second kappa shape index (κ2) is 16.9. The molecule has 0 saturated heterocycles. The molecule has 2 aromatic rings. The number of nitrogens with one attached hydrogen (secondary N) is 4. The molecule has 0 fully saturated rings. The third-order valence-electron chi connectivity index (χ3n) is 3.68. The molecule has 0 unspecified atom stereocenters. The van der Waals surface area contributed by atoms with Crippen LogP contribution in [0.4, 0.5) is 5.69 Å². The van der Waals surface area contributed by atoms with Crippen molar-refractivity contribution in [3.63, 3.8) is 0 Å². The van der Waals surface area contributed by atoms with Gasteiger partial charge in [-0.25, -0.2) is 0 Å². The molecule has 4 N–H and O–H groups in total. The predicted octanol–water partition coefficient (Wildman–Crippen LogP) is 5.74. The number of halogens is 2. The van der Waals surface area contributed by atoms with Gasteiger partial charge in [-0.1, -0.05) is 49.2 Å². The SMILES string of the molecule is C=CCCN/C=C/C.CC.CCNC(=O)c1cc(Cl)cc(C)c1NC(=O)c1cc(Cl)[nH]n1. The highest BCUT2D eigenvalue weighted by atomic mass is 35.5. The monoisotopic (exact) mass is 481 g/mol. The third-order valence-corrected chi connectivity index (χ3v) is 4.09. The molecule has 0 spiro atoms. The largest absolute Gasteiger partial charge is 0.391 e. The van der Waals surface area contributed by atoms with Crippen molar-refractivity contribution in [2.45, 2.75) is 41.0 Å². The highest BCUT2D eigenvalue weighted by molar-refractivity contribution is 6.31. The summed E-state index contributed by atoms with van der Waals surface area (Å²) in [4.78, 5) is 24.3. The summed E-state index contributed by atoms with van der Waals surface area (Å²) in [6.45, 7) is 14.6. The molecule has 0 bridgehead atoms. The molecule has 2 rings (SSSR count). The van der Waals surface area contributed by atoms with Crippen LogP contribution in [0.2, 0.25) is 10.2 Å². The minimum absolute atomic E-state index is 0.126. The number of aromatic amines is 1. The maximum absolute atomic E-state index is 12.2.